The molecule has 0 fully saturated rings. The monoisotopic (exact) mass is 374 g/mol. The van der Waals surface area contributed by atoms with Crippen molar-refractivity contribution in [1.82, 2.24) is 9.55 Å². The lowest BCUT2D eigenvalue weighted by Crippen LogP contribution is -2.25. The van der Waals surface area contributed by atoms with Gasteiger partial charge >= 0.3 is 5.69 Å². The van der Waals surface area contributed by atoms with E-state index < -0.39 is 11.6 Å². The van der Waals surface area contributed by atoms with Gasteiger partial charge in [-0.25, -0.2) is 4.79 Å². The number of rotatable bonds is 4. The van der Waals surface area contributed by atoms with Crippen LogP contribution in [0.5, 0.6) is 5.88 Å². The van der Waals surface area contributed by atoms with Gasteiger partial charge in [-0.1, -0.05) is 35.9 Å². The zero-order valence-corrected chi connectivity index (χ0v) is 15.1. The third-order valence-electron chi connectivity index (χ3n) is 4.48. The number of benzene rings is 2. The Morgan fingerprint density at radius 1 is 1.21 bits per heavy atom. The fourth-order valence-electron chi connectivity index (χ4n) is 3.02. The Kier molecular flexibility index (Phi) is 4.41. The van der Waals surface area contributed by atoms with Gasteiger partial charge in [0, 0.05) is 23.0 Å². The Morgan fingerprint density at radius 2 is 1.96 bits per heavy atom. The number of hydrogen-bond donors (Lipinski definition) is 3. The van der Waals surface area contributed by atoms with E-state index in [1.54, 1.807) is 24.4 Å². The number of aromatic amines is 1. The van der Waals surface area contributed by atoms with Gasteiger partial charge in [-0.2, -0.15) is 0 Å². The van der Waals surface area contributed by atoms with Crippen molar-refractivity contribution in [3.63, 3.8) is 0 Å². The molecule has 1 aliphatic rings. The number of allylic oxidation sites excluding steroid dienone is 1. The molecule has 0 aliphatic carbocycles. The van der Waals surface area contributed by atoms with Crippen LogP contribution in [0.4, 0.5) is 11.4 Å². The second kappa shape index (κ2) is 7.03. The van der Waals surface area contributed by atoms with Crippen LogP contribution in [-0.2, 0) is 11.3 Å². The van der Waals surface area contributed by atoms with Gasteiger partial charge in [0.1, 0.15) is 12.2 Å². The van der Waals surface area contributed by atoms with Crippen LogP contribution < -0.4 is 11.0 Å². The van der Waals surface area contributed by atoms with Crippen molar-refractivity contribution >= 4 is 35.1 Å². The van der Waals surface area contributed by atoms with Crippen LogP contribution in [0.15, 0.2) is 58.3 Å². The molecule has 0 atom stereocenters. The van der Waals surface area contributed by atoms with E-state index in [4.69, 9.17) is 0 Å². The van der Waals surface area contributed by atoms with Crippen LogP contribution in [0.1, 0.15) is 16.8 Å². The summed E-state index contributed by atoms with van der Waals surface area (Å²) < 4.78 is 0.994. The highest BCUT2D eigenvalue weighted by atomic mass is 16.3. The van der Waals surface area contributed by atoms with E-state index in [0.29, 0.717) is 5.69 Å². The minimum atomic E-state index is -0.563. The molecule has 7 nitrogen and oxygen atoms in total. The molecule has 1 aromatic heterocycles. The summed E-state index contributed by atoms with van der Waals surface area (Å²) in [7, 11) is 0. The summed E-state index contributed by atoms with van der Waals surface area (Å²) in [5.41, 5.74) is 3.87. The number of amides is 1. The molecule has 0 bridgehead atoms. The highest BCUT2D eigenvalue weighted by molar-refractivity contribution is 6.21. The van der Waals surface area contributed by atoms with Gasteiger partial charge in [0.25, 0.3) is 0 Å². The molecule has 0 unspecified atom stereocenters. The Morgan fingerprint density at radius 3 is 2.75 bits per heavy atom. The SMILES string of the molecule is Cc1ccc(NC(=O)Cn2c(O)c(/C=C3\C=Nc4ccccc43)[nH]c2=O)cc1. The second-order valence-electron chi connectivity index (χ2n) is 6.54. The topological polar surface area (TPSA) is 99.5 Å². The number of aryl methyl sites for hydroxylation is 1. The molecular weight excluding hydrogens is 356 g/mol. The third kappa shape index (κ3) is 3.37. The molecule has 2 aromatic carbocycles. The van der Waals surface area contributed by atoms with E-state index in [-0.39, 0.29) is 18.1 Å². The zero-order valence-electron chi connectivity index (χ0n) is 15.1. The number of aromatic nitrogens is 2. The summed E-state index contributed by atoms with van der Waals surface area (Å²) in [5.74, 6) is -0.707. The summed E-state index contributed by atoms with van der Waals surface area (Å²) in [5, 5.41) is 13.1. The van der Waals surface area contributed by atoms with Crippen LogP contribution in [-0.4, -0.2) is 26.8 Å². The molecule has 140 valence electrons. The molecule has 0 saturated carbocycles. The van der Waals surface area contributed by atoms with E-state index in [1.807, 2.05) is 43.3 Å². The first kappa shape index (κ1) is 17.5. The third-order valence-corrected chi connectivity index (χ3v) is 4.48. The first-order valence-electron chi connectivity index (χ1n) is 8.75. The van der Waals surface area contributed by atoms with Crippen molar-refractivity contribution in [2.24, 2.45) is 4.99 Å². The minimum Gasteiger partial charge on any atom is -0.493 e. The fourth-order valence-corrected chi connectivity index (χ4v) is 3.02. The molecule has 0 spiro atoms. The van der Waals surface area contributed by atoms with Crippen molar-refractivity contribution in [2.45, 2.75) is 13.5 Å². The van der Waals surface area contributed by atoms with Crippen molar-refractivity contribution in [3.8, 4) is 5.88 Å². The number of aliphatic imine (C=N–C) groups is 1. The normalized spacial score (nSPS) is 13.7. The first-order valence-corrected chi connectivity index (χ1v) is 8.75. The van der Waals surface area contributed by atoms with Gasteiger partial charge in [0.15, 0.2) is 0 Å². The molecule has 3 N–H and O–H groups in total. The van der Waals surface area contributed by atoms with Gasteiger partial charge < -0.3 is 15.4 Å². The Hall–Kier alpha value is -3.87. The van der Waals surface area contributed by atoms with E-state index in [1.165, 1.54) is 0 Å². The number of aromatic hydroxyl groups is 1. The maximum absolute atomic E-state index is 12.3. The summed E-state index contributed by atoms with van der Waals surface area (Å²) in [6.45, 7) is 1.65. The van der Waals surface area contributed by atoms with E-state index in [0.717, 1.165) is 27.0 Å². The summed E-state index contributed by atoms with van der Waals surface area (Å²) in [6.07, 6.45) is 3.31. The lowest BCUT2D eigenvalue weighted by Gasteiger charge is -2.06. The predicted octanol–water partition coefficient (Wildman–Crippen LogP) is 3.09. The molecule has 0 radical (unpaired) electrons. The molecule has 7 heteroatoms. The lowest BCUT2D eigenvalue weighted by atomic mass is 10.1. The molecular formula is C21H18N4O3. The quantitative estimate of drug-likeness (QED) is 0.654. The number of para-hydroxylation sites is 1. The standard InChI is InChI=1S/C21H18N4O3/c1-13-6-8-15(9-7-13)23-19(26)12-25-20(27)18(24-21(25)28)10-14-11-22-17-5-3-2-4-16(14)17/h2-11,27H,12H2,1H3,(H,23,26)(H,24,28)/b14-10+. The summed E-state index contributed by atoms with van der Waals surface area (Å²) in [4.78, 5) is 31.4. The molecule has 0 saturated heterocycles. The van der Waals surface area contributed by atoms with Gasteiger partial charge in [-0.05, 0) is 31.2 Å². The van der Waals surface area contributed by atoms with Crippen molar-refractivity contribution in [2.75, 3.05) is 5.32 Å². The molecule has 1 aliphatic heterocycles. The van der Waals surface area contributed by atoms with Crippen molar-refractivity contribution < 1.29 is 9.90 Å². The number of hydrogen-bond acceptors (Lipinski definition) is 4. The number of imidazole rings is 1. The maximum atomic E-state index is 12.3. The molecule has 2 heterocycles. The predicted molar refractivity (Wildman–Crippen MR) is 109 cm³/mol. The number of fused-ring (bicyclic) bond motifs is 1. The van der Waals surface area contributed by atoms with Crippen LogP contribution >= 0.6 is 0 Å². The highest BCUT2D eigenvalue weighted by Crippen LogP contribution is 2.32. The number of carbonyl (C=O) groups excluding carboxylic acids is 1. The van der Waals surface area contributed by atoms with E-state index in [9.17, 15) is 14.7 Å². The fraction of sp³-hybridized carbons (Fsp3) is 0.0952. The van der Waals surface area contributed by atoms with Crippen molar-refractivity contribution in [3.05, 3.63) is 75.8 Å². The Bertz CT molecular complexity index is 1170. The van der Waals surface area contributed by atoms with Crippen molar-refractivity contribution in [1.29, 1.82) is 0 Å². The smallest absolute Gasteiger partial charge is 0.329 e. The van der Waals surface area contributed by atoms with E-state index >= 15 is 0 Å². The molecule has 3 aromatic rings. The molecule has 1 amide bonds. The van der Waals surface area contributed by atoms with Gasteiger partial charge in [-0.15, -0.1) is 0 Å². The highest BCUT2D eigenvalue weighted by Gasteiger charge is 2.17. The van der Waals surface area contributed by atoms with Gasteiger partial charge in [-0.3, -0.25) is 14.4 Å². The first-order chi connectivity index (χ1) is 13.5. The number of nitrogens with one attached hydrogen (secondary N) is 2. The Labute approximate surface area is 160 Å². The average Bonchev–Trinajstić information content (AvgIpc) is 3.20. The van der Waals surface area contributed by atoms with Gasteiger partial charge in [0.2, 0.25) is 11.8 Å². The minimum absolute atomic E-state index is 0.228. The average molecular weight is 374 g/mol. The summed E-state index contributed by atoms with van der Waals surface area (Å²) >= 11 is 0. The van der Waals surface area contributed by atoms with Crippen LogP contribution in [0.25, 0.3) is 11.6 Å². The molecule has 28 heavy (non-hydrogen) atoms. The molecule has 4 rings (SSSR count). The number of anilines is 1. The maximum Gasteiger partial charge on any atom is 0.329 e. The van der Waals surface area contributed by atoms with Crippen LogP contribution in [0, 0.1) is 6.92 Å². The lowest BCUT2D eigenvalue weighted by molar-refractivity contribution is -0.116. The number of H-pyrrole nitrogens is 1. The zero-order chi connectivity index (χ0) is 19.7. The Balaban J connectivity index is 1.56. The van der Waals surface area contributed by atoms with Crippen LogP contribution in [0.3, 0.4) is 0 Å². The summed E-state index contributed by atoms with van der Waals surface area (Å²) in [6, 6.07) is 14.9. The van der Waals surface area contributed by atoms with Crippen LogP contribution in [0.2, 0.25) is 0 Å². The largest absolute Gasteiger partial charge is 0.493 e. The van der Waals surface area contributed by atoms with Gasteiger partial charge in [0.05, 0.1) is 5.69 Å². The number of carbonyl (C=O) groups is 1. The van der Waals surface area contributed by atoms with E-state index in [2.05, 4.69) is 15.3 Å². The number of nitrogens with zero attached hydrogens (tertiary/aromatic N) is 2. The second-order valence-corrected chi connectivity index (χ2v) is 6.54.